The number of rotatable bonds is 6. The number of halogens is 1. The van der Waals surface area contributed by atoms with E-state index < -0.39 is 0 Å². The highest BCUT2D eigenvalue weighted by molar-refractivity contribution is 5.45. The maximum Gasteiger partial charge on any atom is 0.125 e. The van der Waals surface area contributed by atoms with Crippen LogP contribution in [0, 0.1) is 12.7 Å². The molecule has 0 radical (unpaired) electrons. The second-order valence-electron chi connectivity index (χ2n) is 4.46. The fourth-order valence-corrected chi connectivity index (χ4v) is 1.85. The molecule has 1 N–H and O–H groups in total. The minimum absolute atomic E-state index is 0.206. The van der Waals surface area contributed by atoms with Gasteiger partial charge in [0.15, 0.2) is 0 Å². The van der Waals surface area contributed by atoms with E-state index >= 15 is 0 Å². The molecule has 2 aromatic rings. The summed E-state index contributed by atoms with van der Waals surface area (Å²) < 4.78 is 18.7. The van der Waals surface area contributed by atoms with Gasteiger partial charge in [0, 0.05) is 12.2 Å². The van der Waals surface area contributed by atoms with Gasteiger partial charge in [-0.2, -0.15) is 0 Å². The predicted octanol–water partition coefficient (Wildman–Crippen LogP) is 4.02. The van der Waals surface area contributed by atoms with E-state index in [1.54, 1.807) is 0 Å². The molecular weight excluding hydrogens is 241 g/mol. The van der Waals surface area contributed by atoms with Crippen LogP contribution in [0.2, 0.25) is 0 Å². The van der Waals surface area contributed by atoms with Crippen molar-refractivity contribution in [3.8, 4) is 5.75 Å². The van der Waals surface area contributed by atoms with Crippen LogP contribution >= 0.6 is 0 Å². The summed E-state index contributed by atoms with van der Waals surface area (Å²) in [5, 5.41) is 3.19. The lowest BCUT2D eigenvalue weighted by Crippen LogP contribution is -2.07. The molecule has 0 amide bonds. The second-order valence-corrected chi connectivity index (χ2v) is 4.46. The summed E-state index contributed by atoms with van der Waals surface area (Å²) in [6, 6.07) is 14.7. The molecule has 2 nitrogen and oxygen atoms in total. The van der Waals surface area contributed by atoms with Crippen molar-refractivity contribution in [3.05, 3.63) is 59.9 Å². The van der Waals surface area contributed by atoms with Gasteiger partial charge in [0.2, 0.25) is 0 Å². The van der Waals surface area contributed by atoms with Gasteiger partial charge in [-0.15, -0.1) is 0 Å². The van der Waals surface area contributed by atoms with Gasteiger partial charge in [0.1, 0.15) is 11.6 Å². The zero-order chi connectivity index (χ0) is 13.5. The minimum Gasteiger partial charge on any atom is -0.494 e. The molecule has 0 aliphatic heterocycles. The Bertz CT molecular complexity index is 493. The number of para-hydroxylation sites is 1. The van der Waals surface area contributed by atoms with Crippen molar-refractivity contribution in [2.75, 3.05) is 18.5 Å². The highest BCUT2D eigenvalue weighted by atomic mass is 19.1. The van der Waals surface area contributed by atoms with E-state index in [1.807, 2.05) is 43.3 Å². The van der Waals surface area contributed by atoms with Crippen molar-refractivity contribution >= 4 is 5.69 Å². The van der Waals surface area contributed by atoms with Crippen LogP contribution in [0.25, 0.3) is 0 Å². The Hall–Kier alpha value is -2.03. The van der Waals surface area contributed by atoms with Gasteiger partial charge in [0.05, 0.1) is 6.61 Å². The Kier molecular flexibility index (Phi) is 4.78. The Morgan fingerprint density at radius 1 is 1.11 bits per heavy atom. The molecule has 0 spiro atoms. The van der Waals surface area contributed by atoms with Crippen molar-refractivity contribution in [1.29, 1.82) is 0 Å². The third-order valence-electron chi connectivity index (χ3n) is 2.70. The first-order valence-electron chi connectivity index (χ1n) is 6.43. The number of ether oxygens (including phenoxy) is 1. The third kappa shape index (κ3) is 4.62. The summed E-state index contributed by atoms with van der Waals surface area (Å²) in [5.74, 6) is 0.673. The summed E-state index contributed by atoms with van der Waals surface area (Å²) in [7, 11) is 0. The van der Waals surface area contributed by atoms with E-state index in [0.29, 0.717) is 6.61 Å². The van der Waals surface area contributed by atoms with E-state index in [2.05, 4.69) is 5.32 Å². The average Bonchev–Trinajstić information content (AvgIpc) is 2.38. The number of aryl methyl sites for hydroxylation is 1. The van der Waals surface area contributed by atoms with Crippen LogP contribution in [-0.4, -0.2) is 13.2 Å². The zero-order valence-corrected chi connectivity index (χ0v) is 11.0. The van der Waals surface area contributed by atoms with Gasteiger partial charge < -0.3 is 10.1 Å². The lowest BCUT2D eigenvalue weighted by molar-refractivity contribution is 0.315. The maximum atomic E-state index is 13.2. The first kappa shape index (κ1) is 13.4. The van der Waals surface area contributed by atoms with Gasteiger partial charge >= 0.3 is 0 Å². The molecule has 0 unspecified atom stereocenters. The van der Waals surface area contributed by atoms with Crippen LogP contribution in [0.3, 0.4) is 0 Å². The summed E-state index contributed by atoms with van der Waals surface area (Å²) in [6.45, 7) is 3.29. The molecule has 0 atom stereocenters. The Labute approximate surface area is 113 Å². The molecule has 0 aliphatic carbocycles. The molecule has 0 heterocycles. The lowest BCUT2D eigenvalue weighted by Gasteiger charge is -2.09. The molecule has 0 saturated heterocycles. The van der Waals surface area contributed by atoms with E-state index in [4.69, 9.17) is 4.74 Å². The van der Waals surface area contributed by atoms with Crippen LogP contribution in [0.5, 0.6) is 5.75 Å². The SMILES string of the molecule is Cc1cc(F)cc(NCCCOc2ccccc2)c1. The van der Waals surface area contributed by atoms with Gasteiger partial charge in [-0.1, -0.05) is 18.2 Å². The third-order valence-corrected chi connectivity index (χ3v) is 2.70. The van der Waals surface area contributed by atoms with Crippen LogP contribution in [-0.2, 0) is 0 Å². The van der Waals surface area contributed by atoms with Gasteiger partial charge in [-0.05, 0) is 49.2 Å². The van der Waals surface area contributed by atoms with Crippen LogP contribution in [0.15, 0.2) is 48.5 Å². The van der Waals surface area contributed by atoms with Crippen molar-refractivity contribution in [2.45, 2.75) is 13.3 Å². The van der Waals surface area contributed by atoms with Gasteiger partial charge in [-0.25, -0.2) is 4.39 Å². The quantitative estimate of drug-likeness (QED) is 0.791. The smallest absolute Gasteiger partial charge is 0.125 e. The molecule has 2 rings (SSSR count). The molecule has 0 bridgehead atoms. The topological polar surface area (TPSA) is 21.3 Å². The van der Waals surface area contributed by atoms with E-state index in [9.17, 15) is 4.39 Å². The summed E-state index contributed by atoms with van der Waals surface area (Å²) in [5.41, 5.74) is 1.74. The van der Waals surface area contributed by atoms with Crippen LogP contribution in [0.4, 0.5) is 10.1 Å². The summed E-state index contributed by atoms with van der Waals surface area (Å²) in [6.07, 6.45) is 0.866. The standard InChI is InChI=1S/C16H18FNO/c1-13-10-14(17)12-15(11-13)18-8-5-9-19-16-6-3-2-4-7-16/h2-4,6-7,10-12,18H,5,8-9H2,1H3. The van der Waals surface area contributed by atoms with E-state index in [1.165, 1.54) is 12.1 Å². The number of anilines is 1. The fraction of sp³-hybridized carbons (Fsp3) is 0.250. The fourth-order valence-electron chi connectivity index (χ4n) is 1.85. The van der Waals surface area contributed by atoms with Crippen molar-refractivity contribution in [2.24, 2.45) is 0 Å². The first-order valence-corrected chi connectivity index (χ1v) is 6.43. The lowest BCUT2D eigenvalue weighted by atomic mass is 10.2. The van der Waals surface area contributed by atoms with Crippen molar-refractivity contribution in [1.82, 2.24) is 0 Å². The van der Waals surface area contributed by atoms with Gasteiger partial charge in [-0.3, -0.25) is 0 Å². The van der Waals surface area contributed by atoms with Crippen LogP contribution < -0.4 is 10.1 Å². The Morgan fingerprint density at radius 2 is 1.89 bits per heavy atom. The van der Waals surface area contributed by atoms with Crippen molar-refractivity contribution in [3.63, 3.8) is 0 Å². The molecule has 2 aromatic carbocycles. The Morgan fingerprint density at radius 3 is 2.63 bits per heavy atom. The molecular formula is C16H18FNO. The molecule has 0 fully saturated rings. The average molecular weight is 259 g/mol. The minimum atomic E-state index is -0.206. The first-order chi connectivity index (χ1) is 9.24. The van der Waals surface area contributed by atoms with Crippen LogP contribution in [0.1, 0.15) is 12.0 Å². The molecule has 0 aromatic heterocycles. The Balaban J connectivity index is 1.69. The van der Waals surface area contributed by atoms with E-state index in [0.717, 1.165) is 30.0 Å². The highest BCUT2D eigenvalue weighted by Crippen LogP contribution is 2.13. The summed E-state index contributed by atoms with van der Waals surface area (Å²) in [4.78, 5) is 0. The predicted molar refractivity (Wildman–Crippen MR) is 76.2 cm³/mol. The largest absolute Gasteiger partial charge is 0.494 e. The second kappa shape index (κ2) is 6.78. The zero-order valence-electron chi connectivity index (χ0n) is 11.0. The van der Waals surface area contributed by atoms with Crippen molar-refractivity contribution < 1.29 is 9.13 Å². The number of benzene rings is 2. The molecule has 19 heavy (non-hydrogen) atoms. The molecule has 3 heteroatoms. The maximum absolute atomic E-state index is 13.2. The van der Waals surface area contributed by atoms with Gasteiger partial charge in [0.25, 0.3) is 0 Å². The molecule has 100 valence electrons. The molecule has 0 saturated carbocycles. The highest BCUT2D eigenvalue weighted by Gasteiger charge is 1.97. The number of hydrogen-bond donors (Lipinski definition) is 1. The van der Waals surface area contributed by atoms with E-state index in [-0.39, 0.29) is 5.82 Å². The number of hydrogen-bond acceptors (Lipinski definition) is 2. The normalized spacial score (nSPS) is 10.2. The summed E-state index contributed by atoms with van der Waals surface area (Å²) >= 11 is 0. The number of nitrogens with one attached hydrogen (secondary N) is 1. The molecule has 0 aliphatic rings. The monoisotopic (exact) mass is 259 g/mol.